The van der Waals surface area contributed by atoms with Crippen molar-refractivity contribution in [1.29, 1.82) is 0 Å². The second-order valence-corrected chi connectivity index (χ2v) is 19.9. The number of aromatic amines is 1. The number of rotatable bonds is 17. The molecule has 4 aliphatic rings. The normalized spacial score (nSPS) is 18.7. The molecule has 0 saturated carbocycles. The van der Waals surface area contributed by atoms with Crippen molar-refractivity contribution in [3.05, 3.63) is 115 Å². The lowest BCUT2D eigenvalue weighted by atomic mass is 10.0. The van der Waals surface area contributed by atoms with Gasteiger partial charge < -0.3 is 24.4 Å². The van der Waals surface area contributed by atoms with Crippen LogP contribution in [0.15, 0.2) is 59.4 Å². The molecule has 0 spiro atoms. The molecule has 3 fully saturated rings. The molecule has 356 valence electrons. The predicted octanol–water partition coefficient (Wildman–Crippen LogP) is 5.62. The van der Waals surface area contributed by atoms with Crippen LogP contribution < -0.4 is 10.9 Å². The molecule has 15 nitrogen and oxygen atoms in total. The standard InChI is InChI=1S/C50H64FN11O4S/c1-34(13-16-42-35(2)67-46(53-42)33-61-20-8-11-44(61)48-56-55-45-12-4-3-7-21-62(45)48)32-58-22-17-37(18-23-58)66-28-19-52-31-47(63)59-24-26-60(27-25-59)50(65)40-29-36(14-15-41(40)51)30-43-38-9-5-6-10-39(38)49(64)57-54-43/h5-6,9-10,14-15,29,37,44,52H,1,3-4,7-8,11-13,16-28,30-33H2,2H3,(H,57,64). The summed E-state index contributed by atoms with van der Waals surface area (Å²) in [5, 5.41) is 21.7. The number of thiazole rings is 1. The number of ether oxygens (including phenoxy) is 1. The van der Waals surface area contributed by atoms with E-state index in [-0.39, 0.29) is 29.7 Å². The van der Waals surface area contributed by atoms with Crippen LogP contribution in [0.2, 0.25) is 0 Å². The summed E-state index contributed by atoms with van der Waals surface area (Å²) in [4.78, 5) is 53.6. The van der Waals surface area contributed by atoms with Gasteiger partial charge in [0.25, 0.3) is 11.5 Å². The molecule has 4 aliphatic heterocycles. The molecule has 3 saturated heterocycles. The van der Waals surface area contributed by atoms with E-state index in [1.165, 1.54) is 52.9 Å². The van der Waals surface area contributed by atoms with Crippen LogP contribution in [0.1, 0.15) is 106 Å². The van der Waals surface area contributed by atoms with Gasteiger partial charge in [-0.05, 0) is 88.6 Å². The van der Waals surface area contributed by atoms with Crippen LogP contribution in [0.5, 0.6) is 0 Å². The highest BCUT2D eigenvalue weighted by molar-refractivity contribution is 7.11. The zero-order valence-corrected chi connectivity index (χ0v) is 39.6. The minimum atomic E-state index is -0.600. The van der Waals surface area contributed by atoms with E-state index >= 15 is 0 Å². The van der Waals surface area contributed by atoms with Crippen molar-refractivity contribution in [3.63, 3.8) is 0 Å². The number of fused-ring (bicyclic) bond motifs is 2. The van der Waals surface area contributed by atoms with Crippen molar-refractivity contribution in [1.82, 2.24) is 54.9 Å². The molecule has 3 aromatic heterocycles. The summed E-state index contributed by atoms with van der Waals surface area (Å²) in [5.74, 6) is 1.28. The minimum absolute atomic E-state index is 0.0184. The van der Waals surface area contributed by atoms with E-state index in [2.05, 4.69) is 48.5 Å². The fourth-order valence-electron chi connectivity index (χ4n) is 10.2. The van der Waals surface area contributed by atoms with E-state index < -0.39 is 11.7 Å². The van der Waals surface area contributed by atoms with E-state index in [0.717, 1.165) is 89.4 Å². The Morgan fingerprint density at radius 2 is 1.73 bits per heavy atom. The van der Waals surface area contributed by atoms with Gasteiger partial charge in [-0.1, -0.05) is 42.8 Å². The van der Waals surface area contributed by atoms with Crippen molar-refractivity contribution in [2.24, 2.45) is 0 Å². The average molecular weight is 934 g/mol. The van der Waals surface area contributed by atoms with Gasteiger partial charge in [0, 0.05) is 82.0 Å². The molecule has 1 unspecified atom stereocenters. The highest BCUT2D eigenvalue weighted by Gasteiger charge is 2.33. The number of nitrogens with zero attached hydrogens (tertiary/aromatic N) is 9. The first kappa shape index (κ1) is 46.9. The van der Waals surface area contributed by atoms with E-state index in [9.17, 15) is 18.8 Å². The first-order valence-corrected chi connectivity index (χ1v) is 25.1. The summed E-state index contributed by atoms with van der Waals surface area (Å²) in [6, 6.07) is 12.0. The summed E-state index contributed by atoms with van der Waals surface area (Å²) in [6.45, 7) is 15.2. The second-order valence-electron chi connectivity index (χ2n) is 18.7. The van der Waals surface area contributed by atoms with Crippen molar-refractivity contribution >= 4 is 33.9 Å². The first-order valence-electron chi connectivity index (χ1n) is 24.3. The number of benzene rings is 2. The summed E-state index contributed by atoms with van der Waals surface area (Å²) in [6.07, 6.45) is 11.4. The van der Waals surface area contributed by atoms with Gasteiger partial charge in [-0.2, -0.15) is 5.10 Å². The quantitative estimate of drug-likeness (QED) is 0.0882. The van der Waals surface area contributed by atoms with Gasteiger partial charge in [-0.3, -0.25) is 24.2 Å². The number of nitrogens with one attached hydrogen (secondary N) is 2. The van der Waals surface area contributed by atoms with Crippen LogP contribution in [0.3, 0.4) is 0 Å². The Bertz CT molecular complexity index is 2600. The lowest BCUT2D eigenvalue weighted by Crippen LogP contribution is -2.52. The summed E-state index contributed by atoms with van der Waals surface area (Å²) < 4.78 is 23.6. The largest absolute Gasteiger partial charge is 0.377 e. The third kappa shape index (κ3) is 11.4. The maximum Gasteiger partial charge on any atom is 0.272 e. The van der Waals surface area contributed by atoms with Gasteiger partial charge >= 0.3 is 0 Å². The van der Waals surface area contributed by atoms with E-state index in [1.54, 1.807) is 34.1 Å². The highest BCUT2D eigenvalue weighted by atomic mass is 32.1. The maximum atomic E-state index is 15.0. The summed E-state index contributed by atoms with van der Waals surface area (Å²) in [5.41, 5.74) is 3.49. The molecule has 0 bridgehead atoms. The highest BCUT2D eigenvalue weighted by Crippen LogP contribution is 2.35. The molecule has 0 aliphatic carbocycles. The zero-order chi connectivity index (χ0) is 46.3. The first-order chi connectivity index (χ1) is 32.7. The van der Waals surface area contributed by atoms with Crippen LogP contribution in [0.25, 0.3) is 10.8 Å². The number of hydrogen-bond acceptors (Lipinski definition) is 12. The van der Waals surface area contributed by atoms with Crippen LogP contribution >= 0.6 is 11.3 Å². The molecular formula is C50H64FN11O4S. The number of likely N-dealkylation sites (tertiary alicyclic amines) is 2. The Morgan fingerprint density at radius 3 is 2.57 bits per heavy atom. The molecule has 2 amide bonds. The molecular weight excluding hydrogens is 870 g/mol. The number of piperidine rings is 1. The molecule has 2 N–H and O–H groups in total. The van der Waals surface area contributed by atoms with Crippen molar-refractivity contribution in [3.8, 4) is 0 Å². The fraction of sp³-hybridized carbons (Fsp3) is 0.540. The number of carbonyl (C=O) groups is 2. The number of piperazine rings is 1. The van der Waals surface area contributed by atoms with Crippen molar-refractivity contribution in [2.75, 3.05) is 72.1 Å². The zero-order valence-electron chi connectivity index (χ0n) is 38.8. The Morgan fingerprint density at radius 1 is 0.925 bits per heavy atom. The van der Waals surface area contributed by atoms with Gasteiger partial charge in [0.05, 0.1) is 54.2 Å². The van der Waals surface area contributed by atoms with Gasteiger partial charge in [0.2, 0.25) is 5.91 Å². The lowest BCUT2D eigenvalue weighted by Gasteiger charge is -2.35. The third-order valence-corrected chi connectivity index (χ3v) is 15.0. The lowest BCUT2D eigenvalue weighted by molar-refractivity contribution is -0.131. The van der Waals surface area contributed by atoms with Crippen LogP contribution in [0.4, 0.5) is 4.39 Å². The molecule has 5 aromatic rings. The smallest absolute Gasteiger partial charge is 0.272 e. The number of H-pyrrole nitrogens is 1. The molecule has 17 heteroatoms. The van der Waals surface area contributed by atoms with Gasteiger partial charge in [0.1, 0.15) is 22.5 Å². The summed E-state index contributed by atoms with van der Waals surface area (Å²) >= 11 is 1.84. The minimum Gasteiger partial charge on any atom is -0.377 e. The number of halogens is 1. The second kappa shape index (κ2) is 21.8. The molecule has 7 heterocycles. The number of hydrogen-bond donors (Lipinski definition) is 2. The van der Waals surface area contributed by atoms with Crippen LogP contribution in [0, 0.1) is 12.7 Å². The van der Waals surface area contributed by atoms with Crippen LogP contribution in [-0.2, 0) is 41.9 Å². The molecule has 1 atom stereocenters. The number of carbonyl (C=O) groups excluding carboxylic acids is 2. The fourth-order valence-corrected chi connectivity index (χ4v) is 11.2. The van der Waals surface area contributed by atoms with Crippen molar-refractivity contribution in [2.45, 2.75) is 103 Å². The molecule has 9 rings (SSSR count). The SMILES string of the molecule is C=C(CCc1nc(CN2CCCC2c2nnc3n2CCCCC3)sc1C)CN1CCC(OCCNCC(=O)N2CCN(C(=O)c3cc(Cc4n[nH]c(=O)c5ccccc45)ccc3F)CC2)CC1. The maximum absolute atomic E-state index is 15.0. The molecule has 0 radical (unpaired) electrons. The Balaban J connectivity index is 0.638. The molecule has 67 heavy (non-hydrogen) atoms. The molecule has 2 aromatic carbocycles. The predicted molar refractivity (Wildman–Crippen MR) is 257 cm³/mol. The van der Waals surface area contributed by atoms with E-state index in [1.807, 2.05) is 23.5 Å². The van der Waals surface area contributed by atoms with Gasteiger partial charge in [0.15, 0.2) is 0 Å². The Kier molecular flexibility index (Phi) is 15.3. The Hall–Kier alpha value is -5.20. The number of amides is 2. The number of aryl methyl sites for hydroxylation is 3. The number of aromatic nitrogens is 6. The van der Waals surface area contributed by atoms with Gasteiger partial charge in [-0.25, -0.2) is 14.5 Å². The van der Waals surface area contributed by atoms with E-state index in [4.69, 9.17) is 14.8 Å². The summed E-state index contributed by atoms with van der Waals surface area (Å²) in [7, 11) is 0. The monoisotopic (exact) mass is 933 g/mol. The average Bonchev–Trinajstić information content (AvgIpc) is 4.02. The third-order valence-electron chi connectivity index (χ3n) is 14.0. The van der Waals surface area contributed by atoms with Gasteiger partial charge in [-0.15, -0.1) is 21.5 Å². The van der Waals surface area contributed by atoms with E-state index in [0.29, 0.717) is 73.8 Å². The Labute approximate surface area is 395 Å². The topological polar surface area (TPSA) is 158 Å². The van der Waals surface area contributed by atoms with Crippen molar-refractivity contribution < 1.29 is 18.7 Å². The van der Waals surface area contributed by atoms with Crippen LogP contribution in [-0.4, -0.2) is 140 Å².